The van der Waals surface area contributed by atoms with Crippen molar-refractivity contribution in [2.75, 3.05) is 13.2 Å². The van der Waals surface area contributed by atoms with Crippen LogP contribution in [-0.4, -0.2) is 48.2 Å². The first-order chi connectivity index (χ1) is 15.8. The van der Waals surface area contributed by atoms with Gasteiger partial charge in [0.1, 0.15) is 37.2 Å². The third-order valence-electron chi connectivity index (χ3n) is 4.61. The first kappa shape index (κ1) is 23.8. The summed E-state index contributed by atoms with van der Waals surface area (Å²) in [5.41, 5.74) is 1.36. The van der Waals surface area contributed by atoms with Gasteiger partial charge in [-0.05, 0) is 23.3 Å². The topological polar surface area (TPSA) is 128 Å². The lowest BCUT2D eigenvalue weighted by atomic mass is 10.1. The number of halogens is 1. The Hall–Kier alpha value is -3.85. The maximum Gasteiger partial charge on any atom is 0.408 e. The number of aliphatic carboxylic acids is 1. The summed E-state index contributed by atoms with van der Waals surface area (Å²) in [6.45, 7) is -0.811. The van der Waals surface area contributed by atoms with Crippen molar-refractivity contribution in [1.29, 1.82) is 0 Å². The number of carboxylic acids is 1. The summed E-state index contributed by atoms with van der Waals surface area (Å²) in [5, 5.41) is 11.8. The number of Topliss-reactive ketones (excluding diaryl/α,β-unsaturated/α-hetero) is 1. The van der Waals surface area contributed by atoms with Crippen LogP contribution in [0.4, 0.5) is 4.79 Å². The predicted octanol–water partition coefficient (Wildman–Crippen LogP) is 2.96. The third kappa shape index (κ3) is 6.81. The van der Waals surface area contributed by atoms with Crippen LogP contribution in [0.1, 0.15) is 17.5 Å². The number of hydrogen-bond donors (Lipinski definition) is 2. The summed E-state index contributed by atoms with van der Waals surface area (Å²) in [4.78, 5) is 47.9. The lowest BCUT2D eigenvalue weighted by molar-refractivity contribution is -0.140. The largest absolute Gasteiger partial charge is 0.486 e. The fraction of sp³-hybridized carbons (Fsp3) is 0.217. The number of carboxylic acid groups (broad SMARTS) is 1. The van der Waals surface area contributed by atoms with E-state index in [2.05, 4.69) is 5.32 Å². The van der Waals surface area contributed by atoms with Crippen LogP contribution in [0.3, 0.4) is 0 Å². The molecule has 1 aliphatic heterocycles. The number of benzene rings is 2. The normalized spacial score (nSPS) is 13.8. The van der Waals surface area contributed by atoms with Gasteiger partial charge in [0, 0.05) is 5.02 Å². The van der Waals surface area contributed by atoms with E-state index in [1.807, 2.05) is 6.07 Å². The number of nitrogens with one attached hydrogen (secondary N) is 1. The van der Waals surface area contributed by atoms with E-state index in [1.54, 1.807) is 48.5 Å². The van der Waals surface area contributed by atoms with Gasteiger partial charge < -0.3 is 24.6 Å². The predicted molar refractivity (Wildman–Crippen MR) is 116 cm³/mol. The number of esters is 1. The molecule has 0 fully saturated rings. The van der Waals surface area contributed by atoms with E-state index in [-0.39, 0.29) is 24.5 Å². The molecule has 10 heteroatoms. The Kier molecular flexibility index (Phi) is 8.04. The minimum Gasteiger partial charge on any atom is -0.486 e. The van der Waals surface area contributed by atoms with Gasteiger partial charge in [-0.2, -0.15) is 0 Å². The van der Waals surface area contributed by atoms with Crippen LogP contribution in [0, 0.1) is 0 Å². The number of amides is 1. The van der Waals surface area contributed by atoms with Crippen LogP contribution in [0.15, 0.2) is 60.4 Å². The molecule has 2 aromatic carbocycles. The first-order valence-corrected chi connectivity index (χ1v) is 10.2. The Morgan fingerprint density at radius 2 is 1.79 bits per heavy atom. The number of ketones is 1. The van der Waals surface area contributed by atoms with E-state index in [4.69, 9.17) is 30.9 Å². The summed E-state index contributed by atoms with van der Waals surface area (Å²) in [7, 11) is 0. The lowest BCUT2D eigenvalue weighted by Gasteiger charge is -2.16. The number of carbonyl (C=O) groups excluding carboxylic acids is 3. The van der Waals surface area contributed by atoms with Crippen LogP contribution < -0.4 is 5.32 Å². The van der Waals surface area contributed by atoms with Crippen LogP contribution in [-0.2, 0) is 35.2 Å². The van der Waals surface area contributed by atoms with Crippen LogP contribution in [0.5, 0.6) is 0 Å². The smallest absolute Gasteiger partial charge is 0.408 e. The second-order valence-corrected chi connectivity index (χ2v) is 7.43. The summed E-state index contributed by atoms with van der Waals surface area (Å²) in [6.07, 6.45) is -1.61. The van der Waals surface area contributed by atoms with E-state index in [1.165, 1.54) is 0 Å². The minimum atomic E-state index is -1.39. The van der Waals surface area contributed by atoms with Crippen molar-refractivity contribution in [2.24, 2.45) is 0 Å². The quantitative estimate of drug-likeness (QED) is 0.504. The molecule has 0 aromatic heterocycles. The number of rotatable bonds is 10. The second kappa shape index (κ2) is 11.1. The average Bonchev–Trinajstić information content (AvgIpc) is 3.17. The number of hydrogen-bond acceptors (Lipinski definition) is 7. The fourth-order valence-corrected chi connectivity index (χ4v) is 3.11. The number of alkyl carbamates (subject to hydrolysis) is 1. The van der Waals surface area contributed by atoms with Gasteiger partial charge in [-0.15, -0.1) is 0 Å². The summed E-state index contributed by atoms with van der Waals surface area (Å²) in [6, 6.07) is 13.9. The summed E-state index contributed by atoms with van der Waals surface area (Å²) >= 11 is 5.87. The zero-order valence-electron chi connectivity index (χ0n) is 17.3. The van der Waals surface area contributed by atoms with Crippen molar-refractivity contribution >= 4 is 41.0 Å². The monoisotopic (exact) mass is 473 g/mol. The molecular formula is C23H20ClNO8. The highest BCUT2D eigenvalue weighted by molar-refractivity contribution is 6.30. The molecular weight excluding hydrogens is 454 g/mol. The molecule has 0 unspecified atom stereocenters. The molecule has 33 heavy (non-hydrogen) atoms. The van der Waals surface area contributed by atoms with E-state index in [0.29, 0.717) is 10.6 Å². The Morgan fingerprint density at radius 3 is 2.45 bits per heavy atom. The molecule has 0 bridgehead atoms. The lowest BCUT2D eigenvalue weighted by Crippen LogP contribution is -2.44. The molecule has 0 spiro atoms. The van der Waals surface area contributed by atoms with Gasteiger partial charge in [-0.3, -0.25) is 9.59 Å². The van der Waals surface area contributed by atoms with Gasteiger partial charge in [-0.1, -0.05) is 54.1 Å². The van der Waals surface area contributed by atoms with Gasteiger partial charge in [0.25, 0.3) is 0 Å². The van der Waals surface area contributed by atoms with E-state index < -0.39 is 42.9 Å². The highest BCUT2D eigenvalue weighted by atomic mass is 35.5. The van der Waals surface area contributed by atoms with Crippen molar-refractivity contribution in [1.82, 2.24) is 5.32 Å². The van der Waals surface area contributed by atoms with Crippen molar-refractivity contribution in [3.05, 3.63) is 76.5 Å². The summed E-state index contributed by atoms with van der Waals surface area (Å²) < 4.78 is 15.5. The minimum absolute atomic E-state index is 0.0477. The van der Waals surface area contributed by atoms with Crippen LogP contribution in [0.2, 0.25) is 5.02 Å². The van der Waals surface area contributed by atoms with E-state index in [9.17, 15) is 19.2 Å². The highest BCUT2D eigenvalue weighted by Gasteiger charge is 2.30. The number of cyclic esters (lactones) is 1. The van der Waals surface area contributed by atoms with Crippen LogP contribution in [0.25, 0.3) is 5.57 Å². The Labute approximate surface area is 193 Å². The molecule has 0 radical (unpaired) electrons. The molecule has 0 saturated heterocycles. The fourth-order valence-electron chi connectivity index (χ4n) is 2.98. The zero-order chi connectivity index (χ0) is 23.8. The molecule has 1 aliphatic rings. The first-order valence-electron chi connectivity index (χ1n) is 9.84. The standard InChI is InChI=1S/C23H20ClNO8/c24-16-8-6-15(7-9-16)21-19(13-32-22(21)29)31-12-18(26)17(10-20(27)28)25-23(30)33-11-14-4-2-1-3-5-14/h1-9,17H,10-13H2,(H,25,30)(H,27,28)/t17-/m0/s1. The van der Waals surface area contributed by atoms with Gasteiger partial charge in [0.15, 0.2) is 5.78 Å². The SMILES string of the molecule is O=C(O)C[C@H](NC(=O)OCc1ccccc1)C(=O)COC1=C(c2ccc(Cl)cc2)C(=O)OC1. The molecule has 1 amide bonds. The molecule has 172 valence electrons. The van der Waals surface area contributed by atoms with Crippen molar-refractivity contribution in [2.45, 2.75) is 19.1 Å². The van der Waals surface area contributed by atoms with Gasteiger partial charge in [-0.25, -0.2) is 9.59 Å². The Bertz CT molecular complexity index is 1070. The maximum atomic E-state index is 12.6. The molecule has 0 saturated carbocycles. The molecule has 0 aliphatic carbocycles. The number of ether oxygens (including phenoxy) is 3. The molecule has 9 nitrogen and oxygen atoms in total. The number of carbonyl (C=O) groups is 4. The van der Waals surface area contributed by atoms with E-state index in [0.717, 1.165) is 5.56 Å². The van der Waals surface area contributed by atoms with E-state index >= 15 is 0 Å². The highest BCUT2D eigenvalue weighted by Crippen LogP contribution is 2.28. The van der Waals surface area contributed by atoms with Crippen molar-refractivity contribution in [3.63, 3.8) is 0 Å². The molecule has 2 aromatic rings. The Morgan fingerprint density at radius 1 is 1.09 bits per heavy atom. The van der Waals surface area contributed by atoms with Crippen molar-refractivity contribution in [3.8, 4) is 0 Å². The average molecular weight is 474 g/mol. The van der Waals surface area contributed by atoms with Gasteiger partial charge in [0.2, 0.25) is 0 Å². The third-order valence-corrected chi connectivity index (χ3v) is 4.86. The van der Waals surface area contributed by atoms with Crippen molar-refractivity contribution < 1.29 is 38.5 Å². The molecule has 3 rings (SSSR count). The maximum absolute atomic E-state index is 12.6. The zero-order valence-corrected chi connectivity index (χ0v) is 18.0. The van der Waals surface area contributed by atoms with Gasteiger partial charge >= 0.3 is 18.0 Å². The van der Waals surface area contributed by atoms with Crippen LogP contribution >= 0.6 is 11.6 Å². The Balaban J connectivity index is 1.63. The van der Waals surface area contributed by atoms with Gasteiger partial charge in [0.05, 0.1) is 6.42 Å². The second-order valence-electron chi connectivity index (χ2n) is 6.99. The molecule has 1 atom stereocenters. The molecule has 1 heterocycles. The summed E-state index contributed by atoms with van der Waals surface area (Å²) in [5.74, 6) is -2.51. The molecule has 2 N–H and O–H groups in total.